The Morgan fingerprint density at radius 3 is 2.14 bits per heavy atom. The second kappa shape index (κ2) is 8.78. The summed E-state index contributed by atoms with van der Waals surface area (Å²) < 4.78 is 18.9. The Balaban J connectivity index is 1.31. The van der Waals surface area contributed by atoms with Gasteiger partial charge >= 0.3 is 0 Å². The van der Waals surface area contributed by atoms with E-state index in [9.17, 15) is 9.18 Å². The second-order valence-electron chi connectivity index (χ2n) is 7.05. The number of hydrogen-bond acceptors (Lipinski definition) is 3. The van der Waals surface area contributed by atoms with E-state index >= 15 is 0 Å². The highest BCUT2D eigenvalue weighted by atomic mass is 19.1. The molecule has 148 valence electrons. The lowest BCUT2D eigenvalue weighted by molar-refractivity contribution is 0.0746. The summed E-state index contributed by atoms with van der Waals surface area (Å²) in [5, 5.41) is 0. The molecule has 0 aliphatic carbocycles. The van der Waals surface area contributed by atoms with Crippen LogP contribution in [0.4, 0.5) is 10.1 Å². The summed E-state index contributed by atoms with van der Waals surface area (Å²) in [6.45, 7) is 3.25. The molecule has 0 radical (unpaired) electrons. The summed E-state index contributed by atoms with van der Waals surface area (Å²) in [4.78, 5) is 16.8. The lowest BCUT2D eigenvalue weighted by atomic mass is 10.1. The number of rotatable bonds is 5. The minimum atomic E-state index is -0.237. The molecule has 5 heteroatoms. The van der Waals surface area contributed by atoms with Gasteiger partial charge in [-0.2, -0.15) is 0 Å². The zero-order valence-electron chi connectivity index (χ0n) is 16.1. The van der Waals surface area contributed by atoms with E-state index < -0.39 is 0 Å². The standard InChI is InChI=1S/C24H23FN2O2/c25-21-8-10-22(11-9-21)26-14-16-27(17-15-26)24(28)20-6-12-23(13-7-20)29-18-19-4-2-1-3-5-19/h1-13H,14-18H2. The van der Waals surface area contributed by atoms with Gasteiger partial charge in [0.25, 0.3) is 5.91 Å². The molecule has 0 saturated carbocycles. The molecule has 0 spiro atoms. The topological polar surface area (TPSA) is 32.8 Å². The lowest BCUT2D eigenvalue weighted by Crippen LogP contribution is -2.48. The van der Waals surface area contributed by atoms with Crippen molar-refractivity contribution in [1.29, 1.82) is 0 Å². The van der Waals surface area contributed by atoms with Crippen LogP contribution in [0, 0.1) is 5.82 Å². The lowest BCUT2D eigenvalue weighted by Gasteiger charge is -2.36. The maximum absolute atomic E-state index is 13.1. The summed E-state index contributed by atoms with van der Waals surface area (Å²) in [6, 6.07) is 23.8. The molecule has 0 aromatic heterocycles. The molecule has 0 unspecified atom stereocenters. The number of hydrogen-bond donors (Lipinski definition) is 0. The van der Waals surface area contributed by atoms with Gasteiger partial charge in [-0.3, -0.25) is 4.79 Å². The number of benzene rings is 3. The molecule has 0 bridgehead atoms. The first-order chi connectivity index (χ1) is 14.2. The van der Waals surface area contributed by atoms with Crippen LogP contribution in [-0.2, 0) is 6.61 Å². The van der Waals surface area contributed by atoms with Gasteiger partial charge in [0.2, 0.25) is 0 Å². The number of carbonyl (C=O) groups excluding carboxylic acids is 1. The summed E-state index contributed by atoms with van der Waals surface area (Å²) in [5.41, 5.74) is 2.75. The predicted octanol–water partition coefficient (Wildman–Crippen LogP) is 4.37. The third-order valence-electron chi connectivity index (χ3n) is 5.11. The van der Waals surface area contributed by atoms with Crippen LogP contribution in [0.15, 0.2) is 78.9 Å². The van der Waals surface area contributed by atoms with Crippen molar-refractivity contribution < 1.29 is 13.9 Å². The quantitative estimate of drug-likeness (QED) is 0.649. The van der Waals surface area contributed by atoms with Gasteiger partial charge in [0.1, 0.15) is 18.2 Å². The maximum atomic E-state index is 13.1. The Hall–Kier alpha value is -3.34. The Morgan fingerprint density at radius 1 is 0.828 bits per heavy atom. The third kappa shape index (κ3) is 4.74. The first-order valence-corrected chi connectivity index (χ1v) is 9.76. The van der Waals surface area contributed by atoms with E-state index in [-0.39, 0.29) is 11.7 Å². The van der Waals surface area contributed by atoms with Crippen molar-refractivity contribution in [2.24, 2.45) is 0 Å². The molecular weight excluding hydrogens is 367 g/mol. The van der Waals surface area contributed by atoms with Crippen molar-refractivity contribution in [2.75, 3.05) is 31.1 Å². The highest BCUT2D eigenvalue weighted by Crippen LogP contribution is 2.19. The van der Waals surface area contributed by atoms with Gasteiger partial charge in [-0.1, -0.05) is 30.3 Å². The zero-order valence-corrected chi connectivity index (χ0v) is 16.1. The molecule has 4 nitrogen and oxygen atoms in total. The molecule has 1 aliphatic heterocycles. The number of ether oxygens (including phenoxy) is 1. The van der Waals surface area contributed by atoms with Gasteiger partial charge < -0.3 is 14.5 Å². The average molecular weight is 390 g/mol. The fourth-order valence-electron chi connectivity index (χ4n) is 3.44. The van der Waals surface area contributed by atoms with Crippen LogP contribution in [0.2, 0.25) is 0 Å². The number of halogens is 1. The molecular formula is C24H23FN2O2. The molecule has 0 atom stereocenters. The van der Waals surface area contributed by atoms with Crippen molar-refractivity contribution in [3.63, 3.8) is 0 Å². The molecule has 1 heterocycles. The van der Waals surface area contributed by atoms with Gasteiger partial charge in [-0.05, 0) is 54.1 Å². The smallest absolute Gasteiger partial charge is 0.253 e. The predicted molar refractivity (Wildman–Crippen MR) is 112 cm³/mol. The Morgan fingerprint density at radius 2 is 1.48 bits per heavy atom. The van der Waals surface area contributed by atoms with Crippen LogP contribution in [0.3, 0.4) is 0 Å². The zero-order chi connectivity index (χ0) is 20.1. The molecule has 1 saturated heterocycles. The highest BCUT2D eigenvalue weighted by Gasteiger charge is 2.22. The maximum Gasteiger partial charge on any atom is 0.253 e. The summed E-state index contributed by atoms with van der Waals surface area (Å²) in [7, 11) is 0. The normalized spacial score (nSPS) is 14.0. The van der Waals surface area contributed by atoms with Gasteiger partial charge in [-0.25, -0.2) is 4.39 Å². The van der Waals surface area contributed by atoms with E-state index in [2.05, 4.69) is 4.90 Å². The highest BCUT2D eigenvalue weighted by molar-refractivity contribution is 5.94. The fourth-order valence-corrected chi connectivity index (χ4v) is 3.44. The first-order valence-electron chi connectivity index (χ1n) is 9.76. The molecule has 0 N–H and O–H groups in total. The van der Waals surface area contributed by atoms with Crippen LogP contribution >= 0.6 is 0 Å². The number of carbonyl (C=O) groups is 1. The second-order valence-corrected chi connectivity index (χ2v) is 7.05. The molecule has 29 heavy (non-hydrogen) atoms. The molecule has 3 aromatic rings. The van der Waals surface area contributed by atoms with Gasteiger partial charge in [0, 0.05) is 37.4 Å². The van der Waals surface area contributed by atoms with Gasteiger partial charge in [0.05, 0.1) is 0 Å². The average Bonchev–Trinajstić information content (AvgIpc) is 2.79. The van der Waals surface area contributed by atoms with E-state index in [1.165, 1.54) is 12.1 Å². The van der Waals surface area contributed by atoms with Crippen molar-refractivity contribution in [2.45, 2.75) is 6.61 Å². The van der Waals surface area contributed by atoms with Crippen LogP contribution in [0.5, 0.6) is 5.75 Å². The van der Waals surface area contributed by atoms with E-state index in [0.717, 1.165) is 30.1 Å². The summed E-state index contributed by atoms with van der Waals surface area (Å²) >= 11 is 0. The van der Waals surface area contributed by atoms with Crippen molar-refractivity contribution in [1.82, 2.24) is 4.90 Å². The minimum absolute atomic E-state index is 0.0263. The number of piperazine rings is 1. The number of amides is 1. The summed E-state index contributed by atoms with van der Waals surface area (Å²) in [6.07, 6.45) is 0. The Kier molecular flexibility index (Phi) is 5.75. The van der Waals surface area contributed by atoms with Crippen molar-refractivity contribution in [3.8, 4) is 5.75 Å². The monoisotopic (exact) mass is 390 g/mol. The van der Waals surface area contributed by atoms with E-state index in [4.69, 9.17) is 4.74 Å². The van der Waals surface area contributed by atoms with Gasteiger partial charge in [0.15, 0.2) is 0 Å². The van der Waals surface area contributed by atoms with Crippen molar-refractivity contribution in [3.05, 3.63) is 95.8 Å². The molecule has 4 rings (SSSR count). The number of nitrogens with zero attached hydrogens (tertiary/aromatic N) is 2. The first kappa shape index (κ1) is 19.0. The fraction of sp³-hybridized carbons (Fsp3) is 0.208. The Bertz CT molecular complexity index is 935. The van der Waals surface area contributed by atoms with Crippen LogP contribution in [0.25, 0.3) is 0 Å². The Labute approximate surface area is 170 Å². The van der Waals surface area contributed by atoms with Crippen molar-refractivity contribution >= 4 is 11.6 Å². The molecule has 1 aliphatic rings. The van der Waals surface area contributed by atoms with Crippen LogP contribution < -0.4 is 9.64 Å². The summed E-state index contributed by atoms with van der Waals surface area (Å²) in [5.74, 6) is 0.531. The number of anilines is 1. The third-order valence-corrected chi connectivity index (χ3v) is 5.11. The largest absolute Gasteiger partial charge is 0.489 e. The van der Waals surface area contributed by atoms with E-state index in [1.54, 1.807) is 12.1 Å². The van der Waals surface area contributed by atoms with E-state index in [0.29, 0.717) is 25.3 Å². The molecule has 3 aromatic carbocycles. The SMILES string of the molecule is O=C(c1ccc(OCc2ccccc2)cc1)N1CCN(c2ccc(F)cc2)CC1. The minimum Gasteiger partial charge on any atom is -0.489 e. The van der Waals surface area contributed by atoms with Crippen LogP contribution in [-0.4, -0.2) is 37.0 Å². The van der Waals surface area contributed by atoms with Crippen LogP contribution in [0.1, 0.15) is 15.9 Å². The van der Waals surface area contributed by atoms with Gasteiger partial charge in [-0.15, -0.1) is 0 Å². The molecule has 1 amide bonds. The molecule has 1 fully saturated rings. The van der Waals surface area contributed by atoms with E-state index in [1.807, 2.05) is 59.5 Å².